The molecule has 0 radical (unpaired) electrons. The van der Waals surface area contributed by atoms with Gasteiger partial charge in [0.15, 0.2) is 27.9 Å². The summed E-state index contributed by atoms with van der Waals surface area (Å²) < 4.78 is 134. The second-order valence-electron chi connectivity index (χ2n) is 11.1. The third-order valence-electron chi connectivity index (χ3n) is 7.22. The molecule has 0 aliphatic heterocycles. The van der Waals surface area contributed by atoms with Crippen molar-refractivity contribution < 1.29 is 81.7 Å². The Bertz CT molecular complexity index is 2770. The smallest absolute Gasteiger partial charge is 0.313 e. The number of benzene rings is 4. The molecule has 0 saturated heterocycles. The largest absolute Gasteiger partial charge is 0.505 e. The minimum atomic E-state index is -5.03. The van der Waals surface area contributed by atoms with Gasteiger partial charge in [0.25, 0.3) is 20.2 Å². The van der Waals surface area contributed by atoms with E-state index in [1.165, 1.54) is 36.4 Å². The van der Waals surface area contributed by atoms with Crippen molar-refractivity contribution in [1.29, 1.82) is 0 Å². The number of phenolic OH excluding ortho intramolecular Hbond substituents is 1. The summed E-state index contributed by atoms with van der Waals surface area (Å²) in [6.07, 6.45) is -1.43. The molecule has 0 aliphatic rings. The van der Waals surface area contributed by atoms with Gasteiger partial charge in [0.1, 0.15) is 33.7 Å². The van der Waals surface area contributed by atoms with Gasteiger partial charge in [-0.05, 0) is 54.6 Å². The number of sulfone groups is 1. The van der Waals surface area contributed by atoms with E-state index in [0.717, 1.165) is 24.3 Å². The molecule has 5 aromatic rings. The maximum Gasteiger partial charge on any atom is 0.313 e. The van der Waals surface area contributed by atoms with Crippen LogP contribution in [0.15, 0.2) is 102 Å². The molecular formula is C29H24F2N8O16S5. The fourth-order valence-electron chi connectivity index (χ4n) is 4.81. The van der Waals surface area contributed by atoms with Gasteiger partial charge >= 0.3 is 6.08 Å². The van der Waals surface area contributed by atoms with E-state index in [9.17, 15) is 48.2 Å². The normalized spacial score (nSPS) is 12.5. The lowest BCUT2D eigenvalue weighted by molar-refractivity contribution is -0.434. The number of halogens is 2. The first-order chi connectivity index (χ1) is 28.4. The molecule has 24 nitrogen and oxygen atoms in total. The van der Waals surface area contributed by atoms with E-state index in [0.29, 0.717) is 6.07 Å². The van der Waals surface area contributed by atoms with Gasteiger partial charge in [-0.15, -0.1) is 24.0 Å². The van der Waals surface area contributed by atoms with Crippen LogP contribution >= 0.6 is 24.4 Å². The minimum absolute atomic E-state index is 0.0428. The van der Waals surface area contributed by atoms with Crippen molar-refractivity contribution in [2.45, 2.75) is 14.7 Å². The summed E-state index contributed by atoms with van der Waals surface area (Å²) in [5, 5.41) is 56.2. The van der Waals surface area contributed by atoms with Crippen LogP contribution in [0.5, 0.6) is 5.75 Å². The fourth-order valence-corrected chi connectivity index (χ4v) is 7.68. The minimum Gasteiger partial charge on any atom is -0.505 e. The predicted octanol–water partition coefficient (Wildman–Crippen LogP) is 6.89. The third-order valence-corrected chi connectivity index (χ3v) is 11.3. The highest BCUT2D eigenvalue weighted by molar-refractivity contribution is 7.94. The quantitative estimate of drug-likeness (QED) is 0.00610. The van der Waals surface area contributed by atoms with Crippen molar-refractivity contribution in [3.8, 4) is 5.75 Å². The van der Waals surface area contributed by atoms with Crippen molar-refractivity contribution in [2.75, 3.05) is 28.9 Å². The van der Waals surface area contributed by atoms with Gasteiger partial charge in [0.2, 0.25) is 5.95 Å². The highest BCUT2D eigenvalue weighted by Crippen LogP contribution is 2.48. The summed E-state index contributed by atoms with van der Waals surface area (Å²) in [6, 6.07) is 12.3. The molecule has 5 rings (SSSR count). The molecule has 31 heteroatoms. The number of fused-ring (bicyclic) bond motifs is 1. The number of aromatic hydroxyl groups is 1. The lowest BCUT2D eigenvalue weighted by atomic mass is 10.1. The first kappa shape index (κ1) is 45.9. The molecule has 0 aliphatic carbocycles. The molecule has 1 heterocycles. The summed E-state index contributed by atoms with van der Waals surface area (Å²) in [5.74, 6) is -3.97. The molecule has 0 saturated carbocycles. The van der Waals surface area contributed by atoms with Crippen molar-refractivity contribution >= 4 is 105 Å². The molecule has 60 heavy (non-hydrogen) atoms. The van der Waals surface area contributed by atoms with Crippen LogP contribution in [-0.2, 0) is 53.0 Å². The molecule has 7 N–H and O–H groups in total. The number of hydrogen-bond donors (Lipinski definition) is 7. The molecule has 1 aromatic heterocycles. The number of phenols is 1. The molecule has 0 spiro atoms. The van der Waals surface area contributed by atoms with Crippen LogP contribution < -0.4 is 10.6 Å². The number of azo groups is 2. The molecule has 320 valence electrons. The average Bonchev–Trinajstić information content (AvgIpc) is 3.17. The van der Waals surface area contributed by atoms with Crippen molar-refractivity contribution in [1.82, 2.24) is 9.97 Å². The van der Waals surface area contributed by atoms with Crippen LogP contribution in [0, 0.1) is 12.0 Å². The predicted molar refractivity (Wildman–Crippen MR) is 203 cm³/mol. The summed E-state index contributed by atoms with van der Waals surface area (Å²) in [6.45, 7) is -0.380. The maximum atomic E-state index is 13.7. The average molecular weight is 939 g/mol. The Labute approximate surface area is 344 Å². The van der Waals surface area contributed by atoms with E-state index in [1.54, 1.807) is 0 Å². The molecule has 4 aromatic carbocycles. The Hall–Kier alpha value is -5.13. The standard InChI is InChI=1S/C29H24F2N8O16S5/c30-24-13-25(35-29(31)34-24)33-15-4-7-23(60(48,49)50)21(11-15)37-38-26-19-12-22(56-54-52-41)27(28(40)18(19)5-6-20(26)32-14-59(45,46)47)39-36-16-2-1-3-17(10-16)58(43,44)9-8-51-57-55-53-42/h1-7,10-13,32,40-42H,8-9,14H2,(H,33,34,35)(H,45,46,47)(H,48,49,50)/b38-37+,39-36+. The molecular weight excluding hydrogens is 915 g/mol. The summed E-state index contributed by atoms with van der Waals surface area (Å²) in [4.78, 5) is 4.99. The highest BCUT2D eigenvalue weighted by Gasteiger charge is 2.22. The Morgan fingerprint density at radius 3 is 2.25 bits per heavy atom. The van der Waals surface area contributed by atoms with Gasteiger partial charge in [0.05, 0.1) is 45.6 Å². The number of aromatic nitrogens is 2. The third kappa shape index (κ3) is 12.5. The molecule has 0 bridgehead atoms. The molecule has 0 fully saturated rings. The Morgan fingerprint density at radius 1 is 0.800 bits per heavy atom. The topological polar surface area (TPSA) is 349 Å². The van der Waals surface area contributed by atoms with Crippen LogP contribution in [-0.4, -0.2) is 78.2 Å². The second-order valence-corrected chi connectivity index (χ2v) is 17.3. The van der Waals surface area contributed by atoms with Gasteiger partial charge < -0.3 is 15.7 Å². The zero-order valence-electron chi connectivity index (χ0n) is 29.2. The Kier molecular flexibility index (Phi) is 15.3. The van der Waals surface area contributed by atoms with Gasteiger partial charge in [0, 0.05) is 22.5 Å². The molecule has 0 unspecified atom stereocenters. The number of anilines is 3. The summed E-state index contributed by atoms with van der Waals surface area (Å²) >= 11 is 0.425. The molecule has 0 atom stereocenters. The zero-order chi connectivity index (χ0) is 43.7. The van der Waals surface area contributed by atoms with Gasteiger partial charge in [-0.2, -0.15) is 40.7 Å². The van der Waals surface area contributed by atoms with E-state index in [1.807, 2.05) is 0 Å². The van der Waals surface area contributed by atoms with Crippen LogP contribution in [0.1, 0.15) is 0 Å². The van der Waals surface area contributed by atoms with E-state index in [4.69, 9.17) is 14.7 Å². The van der Waals surface area contributed by atoms with Gasteiger partial charge in [-0.3, -0.25) is 13.3 Å². The molecule has 0 amide bonds. The lowest BCUT2D eigenvalue weighted by Gasteiger charge is -2.14. The van der Waals surface area contributed by atoms with E-state index in [-0.39, 0.29) is 80.0 Å². The van der Waals surface area contributed by atoms with Crippen LogP contribution in [0.25, 0.3) is 10.8 Å². The SMILES string of the molecule is O=S(=O)(O)CNc1ccc2c(O)c(/N=N/c3cccc(S(=O)(=O)CCOSOOO)c3)c(SOOO)cc2c1/N=N/c1cc(Nc2cc(F)nc(F)n2)ccc1S(=O)(=O)O. The number of hydrogen-bond acceptors (Lipinski definition) is 24. The van der Waals surface area contributed by atoms with E-state index in [2.05, 4.69) is 59.8 Å². The van der Waals surface area contributed by atoms with Crippen LogP contribution in [0.2, 0.25) is 0 Å². The zero-order valence-corrected chi connectivity index (χ0v) is 33.3. The van der Waals surface area contributed by atoms with E-state index < -0.39 is 75.9 Å². The van der Waals surface area contributed by atoms with Crippen molar-refractivity contribution in [3.63, 3.8) is 0 Å². The van der Waals surface area contributed by atoms with Crippen LogP contribution in [0.3, 0.4) is 0 Å². The van der Waals surface area contributed by atoms with Gasteiger partial charge in [-0.1, -0.05) is 16.1 Å². The highest BCUT2D eigenvalue weighted by atomic mass is 32.2. The number of nitrogens with zero attached hydrogens (tertiary/aromatic N) is 6. The summed E-state index contributed by atoms with van der Waals surface area (Å²) in [5.41, 5.74) is -1.67. The Balaban J connectivity index is 1.61. The summed E-state index contributed by atoms with van der Waals surface area (Å²) in [7, 11) is -13.7. The van der Waals surface area contributed by atoms with E-state index >= 15 is 0 Å². The number of nitrogens with one attached hydrogen (secondary N) is 2. The maximum absolute atomic E-state index is 13.7. The first-order valence-electron chi connectivity index (χ1n) is 15.6. The second kappa shape index (κ2) is 20.0. The lowest BCUT2D eigenvalue weighted by Crippen LogP contribution is -2.13. The fraction of sp³-hybridized carbons (Fsp3) is 0.103. The van der Waals surface area contributed by atoms with Crippen LogP contribution in [0.4, 0.5) is 48.7 Å². The monoisotopic (exact) mass is 938 g/mol. The van der Waals surface area contributed by atoms with Crippen molar-refractivity contribution in [3.05, 3.63) is 78.8 Å². The van der Waals surface area contributed by atoms with Gasteiger partial charge in [-0.25, -0.2) is 18.9 Å². The van der Waals surface area contributed by atoms with Crippen molar-refractivity contribution in [2.24, 2.45) is 20.5 Å². The first-order valence-corrected chi connectivity index (χ1v) is 21.7. The Morgan fingerprint density at radius 2 is 1.55 bits per heavy atom. The number of rotatable bonds is 20.